The van der Waals surface area contributed by atoms with Crippen LogP contribution in [0.2, 0.25) is 0 Å². The van der Waals surface area contributed by atoms with Gasteiger partial charge in [0.25, 0.3) is 5.91 Å². The minimum atomic E-state index is 0.0898. The maximum absolute atomic E-state index is 13.4. The molecule has 6 rings (SSSR count). The third kappa shape index (κ3) is 2.73. The molecule has 6 heteroatoms. The number of fused-ring (bicyclic) bond motifs is 2. The molecule has 2 bridgehead atoms. The Kier molecular flexibility index (Phi) is 4.38. The van der Waals surface area contributed by atoms with Gasteiger partial charge in [0.1, 0.15) is 11.4 Å². The van der Waals surface area contributed by atoms with Gasteiger partial charge in [0, 0.05) is 31.2 Å². The van der Waals surface area contributed by atoms with Crippen LogP contribution < -0.4 is 4.74 Å². The number of carbonyl (C=O) groups is 1. The largest absolute Gasteiger partial charge is 0.497 e. The molecule has 3 atom stereocenters. The SMILES string of the molecule is CCn1ccc(C(=O)N2C[C@H](c3ccc(OC)cc3)[C@H]3[C@@H]2C2CCN3CC2)n1. The summed E-state index contributed by atoms with van der Waals surface area (Å²) in [5, 5.41) is 4.49. The molecule has 6 nitrogen and oxygen atoms in total. The lowest BCUT2D eigenvalue weighted by Crippen LogP contribution is -2.60. The molecule has 0 spiro atoms. The molecular formula is C22H28N4O2. The molecule has 0 unspecified atom stereocenters. The number of rotatable bonds is 4. The number of carbonyl (C=O) groups excluding carboxylic acids is 1. The Hall–Kier alpha value is -2.34. The van der Waals surface area contributed by atoms with Crippen molar-refractivity contribution in [3.63, 3.8) is 0 Å². The molecule has 148 valence electrons. The van der Waals surface area contributed by atoms with Crippen LogP contribution in [0.25, 0.3) is 0 Å². The summed E-state index contributed by atoms with van der Waals surface area (Å²) in [6.07, 6.45) is 4.30. The smallest absolute Gasteiger partial charge is 0.274 e. The molecule has 4 aliphatic heterocycles. The standard InChI is InChI=1S/C22H28N4O2/c1-3-25-13-10-19(23-25)22(27)26-14-18(15-4-6-17(28-2)7-5-15)21-20(26)16-8-11-24(21)12-9-16/h4-7,10,13,16,18,20-21H,3,8-9,11-12,14H2,1-2H3/t18-,20+,21+/m1/s1. The normalized spacial score (nSPS) is 31.1. The predicted molar refractivity (Wildman–Crippen MR) is 107 cm³/mol. The van der Waals surface area contributed by atoms with Crippen molar-refractivity contribution >= 4 is 5.91 Å². The van der Waals surface area contributed by atoms with Gasteiger partial charge >= 0.3 is 0 Å². The topological polar surface area (TPSA) is 50.6 Å². The molecule has 1 amide bonds. The first kappa shape index (κ1) is 17.7. The number of nitrogens with zero attached hydrogens (tertiary/aromatic N) is 4. The Morgan fingerprint density at radius 3 is 2.54 bits per heavy atom. The van der Waals surface area contributed by atoms with E-state index < -0.39 is 0 Å². The Bertz CT molecular complexity index is 854. The van der Waals surface area contributed by atoms with Crippen molar-refractivity contribution < 1.29 is 9.53 Å². The van der Waals surface area contributed by atoms with E-state index in [4.69, 9.17) is 4.74 Å². The molecule has 0 saturated carbocycles. The number of methoxy groups -OCH3 is 1. The first-order chi connectivity index (χ1) is 13.7. The number of likely N-dealkylation sites (tertiary alicyclic amines) is 1. The van der Waals surface area contributed by atoms with Gasteiger partial charge in [-0.2, -0.15) is 5.10 Å². The fraction of sp³-hybridized carbons (Fsp3) is 0.545. The van der Waals surface area contributed by atoms with E-state index in [0.717, 1.165) is 31.9 Å². The van der Waals surface area contributed by atoms with Gasteiger partial charge in [0.15, 0.2) is 0 Å². The van der Waals surface area contributed by atoms with Crippen molar-refractivity contribution in [2.75, 3.05) is 26.7 Å². The fourth-order valence-electron chi connectivity index (χ4n) is 5.60. The minimum absolute atomic E-state index is 0.0898. The molecule has 5 heterocycles. The van der Waals surface area contributed by atoms with Gasteiger partial charge in [-0.05, 0) is 62.5 Å². The Labute approximate surface area is 166 Å². The van der Waals surface area contributed by atoms with Crippen molar-refractivity contribution in [2.45, 2.75) is 44.3 Å². The van der Waals surface area contributed by atoms with Gasteiger partial charge in [-0.1, -0.05) is 12.1 Å². The van der Waals surface area contributed by atoms with Crippen LogP contribution in [0.3, 0.4) is 0 Å². The number of aryl methyl sites for hydroxylation is 1. The molecule has 2 aromatic rings. The van der Waals surface area contributed by atoms with Crippen LogP contribution in [0.5, 0.6) is 5.75 Å². The van der Waals surface area contributed by atoms with E-state index in [1.807, 2.05) is 36.0 Å². The summed E-state index contributed by atoms with van der Waals surface area (Å²) in [6.45, 7) is 5.91. The zero-order valence-corrected chi connectivity index (χ0v) is 16.6. The lowest BCUT2D eigenvalue weighted by Gasteiger charge is -2.51. The van der Waals surface area contributed by atoms with Gasteiger partial charge < -0.3 is 9.64 Å². The van der Waals surface area contributed by atoms with Crippen LogP contribution in [-0.2, 0) is 6.54 Å². The van der Waals surface area contributed by atoms with Crippen LogP contribution in [0.15, 0.2) is 36.5 Å². The van der Waals surface area contributed by atoms with Crippen molar-refractivity contribution in [3.8, 4) is 5.75 Å². The quantitative estimate of drug-likeness (QED) is 0.818. The van der Waals surface area contributed by atoms with E-state index in [1.54, 1.807) is 7.11 Å². The fourth-order valence-corrected chi connectivity index (χ4v) is 5.60. The van der Waals surface area contributed by atoms with E-state index >= 15 is 0 Å². The van der Waals surface area contributed by atoms with Crippen molar-refractivity contribution in [2.24, 2.45) is 5.92 Å². The van der Waals surface area contributed by atoms with Crippen LogP contribution in [-0.4, -0.2) is 64.3 Å². The van der Waals surface area contributed by atoms with Gasteiger partial charge in [0.2, 0.25) is 0 Å². The highest BCUT2D eigenvalue weighted by atomic mass is 16.5. The number of ether oxygens (including phenoxy) is 1. The lowest BCUT2D eigenvalue weighted by atomic mass is 9.75. The third-order valence-electron chi connectivity index (χ3n) is 6.98. The van der Waals surface area contributed by atoms with E-state index in [9.17, 15) is 4.79 Å². The number of benzene rings is 1. The van der Waals surface area contributed by atoms with Crippen LogP contribution >= 0.6 is 0 Å². The van der Waals surface area contributed by atoms with Crippen molar-refractivity contribution in [1.82, 2.24) is 19.6 Å². The van der Waals surface area contributed by atoms with Gasteiger partial charge in [0.05, 0.1) is 13.2 Å². The summed E-state index contributed by atoms with van der Waals surface area (Å²) in [5.41, 5.74) is 1.88. The Morgan fingerprint density at radius 1 is 1.14 bits per heavy atom. The summed E-state index contributed by atoms with van der Waals surface area (Å²) >= 11 is 0. The Morgan fingerprint density at radius 2 is 1.89 bits per heavy atom. The zero-order valence-electron chi connectivity index (χ0n) is 16.6. The van der Waals surface area contributed by atoms with Gasteiger partial charge in [-0.3, -0.25) is 14.4 Å². The highest BCUT2D eigenvalue weighted by molar-refractivity contribution is 5.93. The number of hydrogen-bond donors (Lipinski definition) is 0. The molecule has 0 radical (unpaired) electrons. The van der Waals surface area contributed by atoms with Crippen LogP contribution in [0.1, 0.15) is 41.7 Å². The molecule has 1 aromatic heterocycles. The monoisotopic (exact) mass is 380 g/mol. The summed E-state index contributed by atoms with van der Waals surface area (Å²) in [6, 6.07) is 11.0. The summed E-state index contributed by atoms with van der Waals surface area (Å²) < 4.78 is 7.16. The van der Waals surface area contributed by atoms with E-state index in [1.165, 1.54) is 18.4 Å². The van der Waals surface area contributed by atoms with E-state index in [2.05, 4.69) is 27.0 Å². The number of hydrogen-bond acceptors (Lipinski definition) is 4. The first-order valence-electron chi connectivity index (χ1n) is 10.4. The molecule has 0 aliphatic carbocycles. The predicted octanol–water partition coefficient (Wildman–Crippen LogP) is 2.61. The second-order valence-electron chi connectivity index (χ2n) is 8.25. The van der Waals surface area contributed by atoms with Crippen LogP contribution in [0, 0.1) is 5.92 Å². The van der Waals surface area contributed by atoms with E-state index in [-0.39, 0.29) is 5.91 Å². The van der Waals surface area contributed by atoms with Crippen molar-refractivity contribution in [3.05, 3.63) is 47.8 Å². The first-order valence-corrected chi connectivity index (χ1v) is 10.4. The average molecular weight is 380 g/mol. The molecule has 0 N–H and O–H groups in total. The van der Waals surface area contributed by atoms with Crippen molar-refractivity contribution in [1.29, 1.82) is 0 Å². The average Bonchev–Trinajstić information content (AvgIpc) is 3.40. The van der Waals surface area contributed by atoms with E-state index in [0.29, 0.717) is 29.6 Å². The number of aromatic nitrogens is 2. The molecule has 4 saturated heterocycles. The second-order valence-corrected chi connectivity index (χ2v) is 8.25. The number of amides is 1. The lowest BCUT2D eigenvalue weighted by molar-refractivity contribution is -0.00360. The summed E-state index contributed by atoms with van der Waals surface area (Å²) in [4.78, 5) is 18.2. The third-order valence-corrected chi connectivity index (χ3v) is 6.98. The minimum Gasteiger partial charge on any atom is -0.497 e. The van der Waals surface area contributed by atoms with Crippen LogP contribution in [0.4, 0.5) is 0 Å². The molecule has 4 aliphatic rings. The molecular weight excluding hydrogens is 352 g/mol. The zero-order chi connectivity index (χ0) is 19.3. The molecule has 28 heavy (non-hydrogen) atoms. The molecule has 4 fully saturated rings. The summed E-state index contributed by atoms with van der Waals surface area (Å²) in [5.74, 6) is 1.92. The highest BCUT2D eigenvalue weighted by Crippen LogP contribution is 2.47. The Balaban J connectivity index is 1.48. The number of piperidine rings is 3. The highest BCUT2D eigenvalue weighted by Gasteiger charge is 2.54. The van der Waals surface area contributed by atoms with Gasteiger partial charge in [-0.15, -0.1) is 0 Å². The maximum Gasteiger partial charge on any atom is 0.274 e. The van der Waals surface area contributed by atoms with Gasteiger partial charge in [-0.25, -0.2) is 0 Å². The summed E-state index contributed by atoms with van der Waals surface area (Å²) in [7, 11) is 1.70. The molecule has 1 aromatic carbocycles. The maximum atomic E-state index is 13.4. The second kappa shape index (κ2) is 6.92.